The van der Waals surface area contributed by atoms with Crippen LogP contribution in [0, 0.1) is 5.41 Å². The highest BCUT2D eigenvalue weighted by molar-refractivity contribution is 6.09. The number of fused-ring (bicyclic) bond motifs is 2. The van der Waals surface area contributed by atoms with Crippen LogP contribution >= 0.6 is 0 Å². The van der Waals surface area contributed by atoms with Gasteiger partial charge in [-0.1, -0.05) is 66.7 Å². The summed E-state index contributed by atoms with van der Waals surface area (Å²) < 4.78 is 0. The Morgan fingerprint density at radius 1 is 0.946 bits per heavy atom. The number of ketones is 1. The summed E-state index contributed by atoms with van der Waals surface area (Å²) in [5.41, 5.74) is 10.9. The number of nitrogen functional groups attached to an aromatic ring is 1. The Balaban J connectivity index is 1.23. The first kappa shape index (κ1) is 24.3. The zero-order valence-electron chi connectivity index (χ0n) is 20.7. The Bertz CT molecular complexity index is 1470. The molecule has 0 unspecified atom stereocenters. The van der Waals surface area contributed by atoms with Crippen LogP contribution in [0.5, 0.6) is 0 Å². The molecule has 1 aliphatic rings. The summed E-state index contributed by atoms with van der Waals surface area (Å²) in [6.07, 6.45) is 2.86. The zero-order valence-corrected chi connectivity index (χ0v) is 20.7. The number of carbonyl (C=O) groups excluding carboxylic acids is 2. The maximum atomic E-state index is 13.1. The summed E-state index contributed by atoms with van der Waals surface area (Å²) in [6.45, 7) is 0.916. The Kier molecular flexibility index (Phi) is 6.99. The van der Waals surface area contributed by atoms with Crippen LogP contribution in [-0.2, 0) is 17.6 Å². The van der Waals surface area contributed by atoms with Crippen LogP contribution in [0.4, 0.5) is 11.4 Å². The number of hydrogen-bond donors (Lipinski definition) is 3. The molecule has 0 fully saturated rings. The number of benzene rings is 4. The molecule has 186 valence electrons. The van der Waals surface area contributed by atoms with Gasteiger partial charge in [0.25, 0.3) is 0 Å². The smallest absolute Gasteiger partial charge is 0.227 e. The third-order valence-corrected chi connectivity index (χ3v) is 6.93. The van der Waals surface area contributed by atoms with Crippen LogP contribution in [0.1, 0.15) is 39.9 Å². The molecule has 1 aliphatic heterocycles. The molecule has 0 radical (unpaired) electrons. The monoisotopic (exact) mass is 490 g/mol. The third-order valence-electron chi connectivity index (χ3n) is 6.93. The summed E-state index contributed by atoms with van der Waals surface area (Å²) in [7, 11) is 0. The van der Waals surface area contributed by atoms with Crippen molar-refractivity contribution >= 4 is 39.7 Å². The van der Waals surface area contributed by atoms with Crippen molar-refractivity contribution in [2.24, 2.45) is 5.73 Å². The zero-order chi connectivity index (χ0) is 25.8. The summed E-state index contributed by atoms with van der Waals surface area (Å²) >= 11 is 0. The largest absolute Gasteiger partial charge is 0.384 e. The van der Waals surface area contributed by atoms with E-state index in [-0.39, 0.29) is 24.1 Å². The van der Waals surface area contributed by atoms with E-state index >= 15 is 0 Å². The maximum absolute atomic E-state index is 13.1. The van der Waals surface area contributed by atoms with Gasteiger partial charge in [-0.3, -0.25) is 15.0 Å². The highest BCUT2D eigenvalue weighted by atomic mass is 16.2. The van der Waals surface area contributed by atoms with Gasteiger partial charge >= 0.3 is 0 Å². The molecule has 0 spiro atoms. The Morgan fingerprint density at radius 3 is 2.54 bits per heavy atom. The Hall–Kier alpha value is -4.45. The van der Waals surface area contributed by atoms with Crippen LogP contribution in [-0.4, -0.2) is 30.6 Å². The molecule has 0 saturated heterocycles. The number of carbonyl (C=O) groups is 2. The molecular weight excluding hydrogens is 460 g/mol. The molecule has 6 heteroatoms. The second-order valence-electron chi connectivity index (χ2n) is 9.41. The first-order chi connectivity index (χ1) is 18.0. The minimum Gasteiger partial charge on any atom is -0.384 e. The minimum absolute atomic E-state index is 0.0411. The van der Waals surface area contributed by atoms with Crippen molar-refractivity contribution in [3.8, 4) is 0 Å². The highest BCUT2D eigenvalue weighted by Gasteiger charge is 2.22. The molecule has 4 aromatic carbocycles. The highest BCUT2D eigenvalue weighted by Crippen LogP contribution is 2.30. The van der Waals surface area contributed by atoms with E-state index in [1.807, 2.05) is 83.8 Å². The lowest BCUT2D eigenvalue weighted by molar-refractivity contribution is -0.118. The number of nitrogens with two attached hydrogens (primary N) is 1. The lowest BCUT2D eigenvalue weighted by atomic mass is 9.99. The average Bonchev–Trinajstić information content (AvgIpc) is 2.94. The van der Waals surface area contributed by atoms with Crippen molar-refractivity contribution in [1.29, 1.82) is 5.41 Å². The van der Waals surface area contributed by atoms with Gasteiger partial charge in [0.15, 0.2) is 5.78 Å². The Labute approximate surface area is 216 Å². The molecule has 1 heterocycles. The number of nitrogens with zero attached hydrogens (tertiary/aromatic N) is 1. The summed E-state index contributed by atoms with van der Waals surface area (Å²) in [5.74, 6) is 0.186. The number of Topliss-reactive ketones (excluding diaryl/α,β-unsaturated/α-hetero) is 1. The molecule has 0 atom stereocenters. The average molecular weight is 491 g/mol. The molecule has 4 aromatic rings. The van der Waals surface area contributed by atoms with E-state index in [0.29, 0.717) is 24.9 Å². The molecule has 0 aromatic heterocycles. The van der Waals surface area contributed by atoms with Gasteiger partial charge in [-0.2, -0.15) is 0 Å². The van der Waals surface area contributed by atoms with Gasteiger partial charge in [0.1, 0.15) is 5.84 Å². The van der Waals surface area contributed by atoms with E-state index in [2.05, 4.69) is 11.4 Å². The van der Waals surface area contributed by atoms with Gasteiger partial charge in [-0.15, -0.1) is 0 Å². The van der Waals surface area contributed by atoms with Gasteiger partial charge in [-0.25, -0.2) is 0 Å². The fourth-order valence-electron chi connectivity index (χ4n) is 4.95. The fraction of sp³-hybridized carbons (Fsp3) is 0.194. The SMILES string of the molecule is N=C(N)c1ccc(CCC(=O)N2CCCc3cc(NCC(=O)c4cccc5ccccc45)ccc32)cc1. The van der Waals surface area contributed by atoms with Gasteiger partial charge in [0.2, 0.25) is 5.91 Å². The third kappa shape index (κ3) is 5.38. The molecule has 1 amide bonds. The molecule has 0 saturated carbocycles. The number of amidine groups is 1. The maximum Gasteiger partial charge on any atom is 0.227 e. The van der Waals surface area contributed by atoms with E-state index in [1.54, 1.807) is 0 Å². The van der Waals surface area contributed by atoms with Gasteiger partial charge in [-0.05, 0) is 59.4 Å². The van der Waals surface area contributed by atoms with E-state index in [0.717, 1.165) is 51.7 Å². The van der Waals surface area contributed by atoms with Gasteiger partial charge in [0.05, 0.1) is 6.54 Å². The predicted octanol–water partition coefficient (Wildman–Crippen LogP) is 5.33. The molecule has 6 nitrogen and oxygen atoms in total. The fourth-order valence-corrected chi connectivity index (χ4v) is 4.95. The normalized spacial score (nSPS) is 12.7. The number of nitrogens with one attached hydrogen (secondary N) is 2. The molecule has 4 N–H and O–H groups in total. The lowest BCUT2D eigenvalue weighted by Gasteiger charge is -2.30. The number of aryl methyl sites for hydroxylation is 2. The molecule has 5 rings (SSSR count). The number of rotatable bonds is 8. The van der Waals surface area contributed by atoms with Crippen LogP contribution in [0.2, 0.25) is 0 Å². The number of amides is 1. The number of anilines is 2. The van der Waals surface area contributed by atoms with Crippen molar-refractivity contribution in [1.82, 2.24) is 0 Å². The number of hydrogen-bond acceptors (Lipinski definition) is 4. The first-order valence-electron chi connectivity index (χ1n) is 12.6. The first-order valence-corrected chi connectivity index (χ1v) is 12.6. The topological polar surface area (TPSA) is 99.3 Å². The minimum atomic E-state index is 0.0411. The van der Waals surface area contributed by atoms with Crippen LogP contribution < -0.4 is 16.0 Å². The summed E-state index contributed by atoms with van der Waals surface area (Å²) in [4.78, 5) is 27.9. The summed E-state index contributed by atoms with van der Waals surface area (Å²) in [5, 5.41) is 12.8. The van der Waals surface area contributed by atoms with E-state index < -0.39 is 0 Å². The van der Waals surface area contributed by atoms with Crippen molar-refractivity contribution in [3.05, 3.63) is 107 Å². The van der Waals surface area contributed by atoms with E-state index in [4.69, 9.17) is 11.1 Å². The van der Waals surface area contributed by atoms with Gasteiger partial charge < -0.3 is 16.0 Å². The van der Waals surface area contributed by atoms with Crippen LogP contribution in [0.15, 0.2) is 84.9 Å². The second kappa shape index (κ2) is 10.7. The van der Waals surface area contributed by atoms with Crippen molar-refractivity contribution in [3.63, 3.8) is 0 Å². The van der Waals surface area contributed by atoms with Crippen molar-refractivity contribution in [2.45, 2.75) is 25.7 Å². The van der Waals surface area contributed by atoms with E-state index in [9.17, 15) is 9.59 Å². The standard InChI is InChI=1S/C31H30N4O2/c32-31(33)23-13-10-21(11-14-23)12-17-30(37)35-18-4-7-24-19-25(15-16-28(24)35)34-20-29(36)27-9-3-6-22-5-1-2-8-26(22)27/h1-3,5-6,8-11,13-16,19,34H,4,7,12,17-18,20H2,(H3,32,33). The molecular formula is C31H30N4O2. The van der Waals surface area contributed by atoms with Crippen LogP contribution in [0.25, 0.3) is 10.8 Å². The van der Waals surface area contributed by atoms with Crippen LogP contribution in [0.3, 0.4) is 0 Å². The summed E-state index contributed by atoms with van der Waals surface area (Å²) in [6, 6.07) is 27.2. The van der Waals surface area contributed by atoms with Crippen molar-refractivity contribution < 1.29 is 9.59 Å². The second-order valence-corrected chi connectivity index (χ2v) is 9.41. The predicted molar refractivity (Wildman–Crippen MR) is 150 cm³/mol. The molecule has 0 aliphatic carbocycles. The lowest BCUT2D eigenvalue weighted by Crippen LogP contribution is -2.35. The molecule has 37 heavy (non-hydrogen) atoms. The van der Waals surface area contributed by atoms with Crippen molar-refractivity contribution in [2.75, 3.05) is 23.3 Å². The van der Waals surface area contributed by atoms with Gasteiger partial charge in [0, 0.05) is 35.5 Å². The van der Waals surface area contributed by atoms with E-state index in [1.165, 1.54) is 0 Å². The molecule has 0 bridgehead atoms. The quantitative estimate of drug-likeness (QED) is 0.177. The Morgan fingerprint density at radius 2 is 1.73 bits per heavy atom.